The summed E-state index contributed by atoms with van der Waals surface area (Å²) in [6, 6.07) is 13.4. The molecule has 0 atom stereocenters. The Balaban J connectivity index is 1.66. The van der Waals surface area contributed by atoms with Crippen molar-refractivity contribution < 1.29 is 17.6 Å². The van der Waals surface area contributed by atoms with Gasteiger partial charge in [0.15, 0.2) is 0 Å². The van der Waals surface area contributed by atoms with Crippen LogP contribution in [0.5, 0.6) is 0 Å². The van der Waals surface area contributed by atoms with Crippen molar-refractivity contribution >= 4 is 0 Å². The van der Waals surface area contributed by atoms with Gasteiger partial charge in [0.1, 0.15) is 5.76 Å². The van der Waals surface area contributed by atoms with Crippen molar-refractivity contribution in [2.45, 2.75) is 32.4 Å². The summed E-state index contributed by atoms with van der Waals surface area (Å²) in [5, 5.41) is 0. The molecule has 6 heteroatoms. The zero-order chi connectivity index (χ0) is 20.4. The van der Waals surface area contributed by atoms with Gasteiger partial charge in [0, 0.05) is 18.5 Å². The van der Waals surface area contributed by atoms with Crippen molar-refractivity contribution in [1.29, 1.82) is 0 Å². The number of rotatable bonds is 5. The minimum atomic E-state index is -4.50. The second-order valence-electron chi connectivity index (χ2n) is 7.44. The first-order valence-corrected chi connectivity index (χ1v) is 9.87. The quantitative estimate of drug-likeness (QED) is 0.528. The molecule has 0 radical (unpaired) electrons. The predicted molar refractivity (Wildman–Crippen MR) is 106 cm³/mol. The van der Waals surface area contributed by atoms with Crippen LogP contribution in [0.2, 0.25) is 0 Å². The zero-order valence-electron chi connectivity index (χ0n) is 16.3. The van der Waals surface area contributed by atoms with Crippen molar-refractivity contribution in [3.05, 3.63) is 65.5 Å². The first-order chi connectivity index (χ1) is 13.9. The highest BCUT2D eigenvalue weighted by atomic mass is 19.4. The van der Waals surface area contributed by atoms with Gasteiger partial charge in [0.2, 0.25) is 5.89 Å². The molecule has 1 saturated heterocycles. The van der Waals surface area contributed by atoms with Crippen LogP contribution in [-0.4, -0.2) is 29.5 Å². The summed E-state index contributed by atoms with van der Waals surface area (Å²) in [4.78, 5) is 6.78. The molecule has 0 amide bonds. The average molecular weight is 400 g/mol. The molecule has 0 N–H and O–H groups in total. The number of aryl methyl sites for hydroxylation is 1. The van der Waals surface area contributed by atoms with Crippen molar-refractivity contribution in [3.8, 4) is 22.6 Å². The number of likely N-dealkylation sites (tertiary alicyclic amines) is 1. The molecule has 1 aliphatic heterocycles. The van der Waals surface area contributed by atoms with E-state index in [2.05, 4.69) is 9.88 Å². The van der Waals surface area contributed by atoms with Gasteiger partial charge in [-0.1, -0.05) is 36.4 Å². The molecule has 0 saturated carbocycles. The monoisotopic (exact) mass is 400 g/mol. The smallest absolute Gasteiger partial charge is 0.417 e. The first kappa shape index (κ1) is 19.7. The lowest BCUT2D eigenvalue weighted by Crippen LogP contribution is -2.22. The summed E-state index contributed by atoms with van der Waals surface area (Å²) < 4.78 is 47.1. The van der Waals surface area contributed by atoms with Gasteiger partial charge in [-0.15, -0.1) is 0 Å². The topological polar surface area (TPSA) is 29.3 Å². The van der Waals surface area contributed by atoms with Gasteiger partial charge < -0.3 is 9.32 Å². The number of aromatic nitrogens is 1. The number of oxazole rings is 1. The fraction of sp³-hybridized carbons (Fsp3) is 0.348. The minimum absolute atomic E-state index is 0.0206. The van der Waals surface area contributed by atoms with E-state index in [-0.39, 0.29) is 11.5 Å². The highest BCUT2D eigenvalue weighted by molar-refractivity contribution is 5.71. The van der Waals surface area contributed by atoms with Crippen molar-refractivity contribution in [2.24, 2.45) is 0 Å². The van der Waals surface area contributed by atoms with Gasteiger partial charge >= 0.3 is 6.18 Å². The standard InChI is InChI=1S/C23H23F3N2O/c1-16-21(11-14-28-12-5-6-13-28)27-22(29-16)19-10-9-18(15-20(19)23(24,25)26)17-7-3-2-4-8-17/h2-4,7-10,15H,5-6,11-14H2,1H3. The summed E-state index contributed by atoms with van der Waals surface area (Å²) in [5.74, 6) is 0.616. The molecular formula is C23H23F3N2O. The summed E-state index contributed by atoms with van der Waals surface area (Å²) in [6.45, 7) is 4.76. The van der Waals surface area contributed by atoms with E-state index in [9.17, 15) is 13.2 Å². The van der Waals surface area contributed by atoms with Gasteiger partial charge in [0.25, 0.3) is 0 Å². The minimum Gasteiger partial charge on any atom is -0.441 e. The Morgan fingerprint density at radius 1 is 1.00 bits per heavy atom. The highest BCUT2D eigenvalue weighted by Gasteiger charge is 2.35. The van der Waals surface area contributed by atoms with E-state index in [1.54, 1.807) is 37.3 Å². The number of hydrogen-bond donors (Lipinski definition) is 0. The van der Waals surface area contributed by atoms with E-state index in [0.29, 0.717) is 17.7 Å². The molecule has 0 unspecified atom stereocenters. The van der Waals surface area contributed by atoms with Gasteiger partial charge in [-0.3, -0.25) is 0 Å². The Kier molecular flexibility index (Phi) is 5.46. The SMILES string of the molecule is Cc1oc(-c2ccc(-c3ccccc3)cc2C(F)(F)F)nc1CCN1CCCC1. The molecule has 0 spiro atoms. The van der Waals surface area contributed by atoms with Crippen LogP contribution in [0.1, 0.15) is 29.9 Å². The number of benzene rings is 2. The molecule has 1 fully saturated rings. The molecule has 3 nitrogen and oxygen atoms in total. The molecule has 29 heavy (non-hydrogen) atoms. The summed E-state index contributed by atoms with van der Waals surface area (Å²) >= 11 is 0. The second kappa shape index (κ2) is 8.03. The van der Waals surface area contributed by atoms with E-state index in [0.717, 1.165) is 30.9 Å². The Morgan fingerprint density at radius 3 is 2.41 bits per heavy atom. The fourth-order valence-corrected chi connectivity index (χ4v) is 3.82. The van der Waals surface area contributed by atoms with Crippen LogP contribution < -0.4 is 0 Å². The molecule has 152 valence electrons. The maximum atomic E-state index is 13.8. The zero-order valence-corrected chi connectivity index (χ0v) is 16.3. The van der Waals surface area contributed by atoms with E-state index in [1.807, 2.05) is 6.07 Å². The maximum absolute atomic E-state index is 13.8. The Bertz CT molecular complexity index is 974. The van der Waals surface area contributed by atoms with Gasteiger partial charge in [-0.05, 0) is 56.1 Å². The van der Waals surface area contributed by atoms with Crippen LogP contribution in [0.3, 0.4) is 0 Å². The Hall–Kier alpha value is -2.60. The van der Waals surface area contributed by atoms with Crippen LogP contribution in [0.15, 0.2) is 52.9 Å². The molecule has 2 aromatic carbocycles. The number of alkyl halides is 3. The molecule has 2 heterocycles. The third kappa shape index (κ3) is 4.37. The molecule has 1 aliphatic rings. The van der Waals surface area contributed by atoms with E-state index in [4.69, 9.17) is 4.42 Å². The molecule has 0 aliphatic carbocycles. The Morgan fingerprint density at radius 2 is 1.72 bits per heavy atom. The molecule has 3 aromatic rings. The van der Waals surface area contributed by atoms with E-state index in [1.165, 1.54) is 25.0 Å². The van der Waals surface area contributed by atoms with Gasteiger partial charge in [-0.25, -0.2) is 4.98 Å². The molecule has 1 aromatic heterocycles. The van der Waals surface area contributed by atoms with E-state index >= 15 is 0 Å². The van der Waals surface area contributed by atoms with Crippen LogP contribution >= 0.6 is 0 Å². The number of halogens is 3. The van der Waals surface area contributed by atoms with Crippen molar-refractivity contribution in [3.63, 3.8) is 0 Å². The van der Waals surface area contributed by atoms with Crippen LogP contribution in [0.25, 0.3) is 22.6 Å². The predicted octanol–water partition coefficient (Wildman–Crippen LogP) is 5.97. The van der Waals surface area contributed by atoms with Gasteiger partial charge in [-0.2, -0.15) is 13.2 Å². The lowest BCUT2D eigenvalue weighted by molar-refractivity contribution is -0.137. The lowest BCUT2D eigenvalue weighted by Gasteiger charge is -2.13. The highest BCUT2D eigenvalue weighted by Crippen LogP contribution is 2.39. The lowest BCUT2D eigenvalue weighted by atomic mass is 9.98. The first-order valence-electron chi connectivity index (χ1n) is 9.87. The van der Waals surface area contributed by atoms with Crippen LogP contribution in [0, 0.1) is 6.92 Å². The largest absolute Gasteiger partial charge is 0.441 e. The maximum Gasteiger partial charge on any atom is 0.417 e. The molecular weight excluding hydrogens is 377 g/mol. The van der Waals surface area contributed by atoms with Gasteiger partial charge in [0.05, 0.1) is 11.3 Å². The third-order valence-corrected chi connectivity index (χ3v) is 5.42. The normalized spacial score (nSPS) is 15.2. The van der Waals surface area contributed by atoms with E-state index < -0.39 is 11.7 Å². The second-order valence-corrected chi connectivity index (χ2v) is 7.44. The third-order valence-electron chi connectivity index (χ3n) is 5.42. The summed E-state index contributed by atoms with van der Waals surface area (Å²) in [5.41, 5.74) is 1.23. The fourth-order valence-electron chi connectivity index (χ4n) is 3.82. The summed E-state index contributed by atoms with van der Waals surface area (Å²) in [7, 11) is 0. The number of hydrogen-bond acceptors (Lipinski definition) is 3. The molecule has 0 bridgehead atoms. The average Bonchev–Trinajstić information content (AvgIpc) is 3.35. The molecule has 4 rings (SSSR count). The number of nitrogens with zero attached hydrogens (tertiary/aromatic N) is 2. The van der Waals surface area contributed by atoms with Crippen LogP contribution in [-0.2, 0) is 12.6 Å². The Labute approximate surface area is 168 Å². The van der Waals surface area contributed by atoms with Crippen molar-refractivity contribution in [2.75, 3.05) is 19.6 Å². The summed E-state index contributed by atoms with van der Waals surface area (Å²) in [6.07, 6.45) is -1.42. The van der Waals surface area contributed by atoms with Crippen molar-refractivity contribution in [1.82, 2.24) is 9.88 Å². The van der Waals surface area contributed by atoms with Crippen LogP contribution in [0.4, 0.5) is 13.2 Å².